The molecule has 0 spiro atoms. The molecule has 0 bridgehead atoms. The number of benzene rings is 1. The highest BCUT2D eigenvalue weighted by molar-refractivity contribution is 14.0. The maximum absolute atomic E-state index is 5.80. The minimum Gasteiger partial charge on any atom is -0.376 e. The van der Waals surface area contributed by atoms with E-state index in [1.54, 1.807) is 7.05 Å². The van der Waals surface area contributed by atoms with Crippen LogP contribution in [0.15, 0.2) is 41.4 Å². The summed E-state index contributed by atoms with van der Waals surface area (Å²) in [6, 6.07) is 12.4. The molecule has 156 valence electrons. The molecule has 2 aromatic rings. The Morgan fingerprint density at radius 3 is 2.61 bits per heavy atom. The molecule has 1 atom stereocenters. The fourth-order valence-electron chi connectivity index (χ4n) is 2.84. The van der Waals surface area contributed by atoms with Gasteiger partial charge in [-0.15, -0.1) is 24.0 Å². The van der Waals surface area contributed by atoms with Gasteiger partial charge < -0.3 is 15.4 Å². The van der Waals surface area contributed by atoms with Crippen LogP contribution in [0.4, 0.5) is 0 Å². The van der Waals surface area contributed by atoms with Crippen molar-refractivity contribution in [3.63, 3.8) is 0 Å². The Morgan fingerprint density at radius 1 is 1.21 bits per heavy atom. The molecule has 0 aliphatic carbocycles. The van der Waals surface area contributed by atoms with Crippen molar-refractivity contribution in [1.29, 1.82) is 0 Å². The van der Waals surface area contributed by atoms with Crippen LogP contribution in [-0.2, 0) is 17.9 Å². The van der Waals surface area contributed by atoms with Crippen molar-refractivity contribution in [1.82, 2.24) is 20.4 Å². The van der Waals surface area contributed by atoms with Gasteiger partial charge in [0.05, 0.1) is 18.9 Å². The lowest BCUT2D eigenvalue weighted by atomic mass is 10.2. The van der Waals surface area contributed by atoms with Gasteiger partial charge in [0, 0.05) is 32.4 Å². The summed E-state index contributed by atoms with van der Waals surface area (Å²) in [5.41, 5.74) is 3.48. The van der Waals surface area contributed by atoms with Gasteiger partial charge in [0.15, 0.2) is 5.96 Å². The molecular formula is C21H34IN5O. The second-order valence-corrected chi connectivity index (χ2v) is 6.99. The highest BCUT2D eigenvalue weighted by atomic mass is 127. The topological polar surface area (TPSA) is 63.5 Å². The summed E-state index contributed by atoms with van der Waals surface area (Å²) < 4.78 is 7.85. The maximum Gasteiger partial charge on any atom is 0.190 e. The number of aliphatic imine (C=N–C) groups is 1. The van der Waals surface area contributed by atoms with Crippen LogP contribution in [0, 0.1) is 19.8 Å². The molecule has 0 saturated heterocycles. The maximum atomic E-state index is 5.80. The standard InChI is InChI=1S/C21H33N5O.HI/c1-17(15-27-16-20-9-6-5-7-10-20)14-24-21(22-4)23-11-8-12-26-19(3)13-18(2)25-26;/h5-7,9-10,13,17H,8,11-12,14-16H2,1-4H3,(H2,22,23,24);1H. The SMILES string of the molecule is CN=C(NCCCn1nc(C)cc1C)NCC(C)COCc1ccccc1.I. The van der Waals surface area contributed by atoms with E-state index in [2.05, 4.69) is 57.5 Å². The predicted molar refractivity (Wildman–Crippen MR) is 126 cm³/mol. The smallest absolute Gasteiger partial charge is 0.190 e. The summed E-state index contributed by atoms with van der Waals surface area (Å²) in [5, 5.41) is 11.2. The van der Waals surface area contributed by atoms with Gasteiger partial charge in [-0.2, -0.15) is 5.10 Å². The van der Waals surface area contributed by atoms with E-state index in [9.17, 15) is 0 Å². The van der Waals surface area contributed by atoms with E-state index in [0.29, 0.717) is 12.5 Å². The van der Waals surface area contributed by atoms with Crippen molar-refractivity contribution in [2.24, 2.45) is 10.9 Å². The lowest BCUT2D eigenvalue weighted by Gasteiger charge is -2.16. The second-order valence-electron chi connectivity index (χ2n) is 6.99. The number of nitrogens with zero attached hydrogens (tertiary/aromatic N) is 3. The molecule has 1 heterocycles. The molecule has 0 amide bonds. The first kappa shape index (κ1) is 24.4. The van der Waals surface area contributed by atoms with E-state index in [0.717, 1.165) is 44.3 Å². The largest absolute Gasteiger partial charge is 0.376 e. The van der Waals surface area contributed by atoms with Crippen LogP contribution >= 0.6 is 24.0 Å². The van der Waals surface area contributed by atoms with Crippen LogP contribution in [0.3, 0.4) is 0 Å². The van der Waals surface area contributed by atoms with Gasteiger partial charge in [0.2, 0.25) is 0 Å². The molecule has 7 heteroatoms. The van der Waals surface area contributed by atoms with Crippen LogP contribution in [0.5, 0.6) is 0 Å². The van der Waals surface area contributed by atoms with Gasteiger partial charge >= 0.3 is 0 Å². The first-order valence-corrected chi connectivity index (χ1v) is 9.65. The van der Waals surface area contributed by atoms with Gasteiger partial charge in [0.25, 0.3) is 0 Å². The summed E-state index contributed by atoms with van der Waals surface area (Å²) >= 11 is 0. The fraction of sp³-hybridized carbons (Fsp3) is 0.524. The number of guanidine groups is 1. The molecular weight excluding hydrogens is 465 g/mol. The summed E-state index contributed by atoms with van der Waals surface area (Å²) in [7, 11) is 1.80. The van der Waals surface area contributed by atoms with Crippen molar-refractivity contribution in [3.8, 4) is 0 Å². The molecule has 1 aromatic carbocycles. The van der Waals surface area contributed by atoms with Crippen molar-refractivity contribution < 1.29 is 4.74 Å². The number of halogens is 1. The van der Waals surface area contributed by atoms with Crippen molar-refractivity contribution in [2.75, 3.05) is 26.7 Å². The molecule has 0 aliphatic rings. The van der Waals surface area contributed by atoms with Crippen molar-refractivity contribution in [3.05, 3.63) is 53.3 Å². The third kappa shape index (κ3) is 9.05. The molecule has 0 aliphatic heterocycles. The predicted octanol–water partition coefficient (Wildman–Crippen LogP) is 3.53. The molecule has 6 nitrogen and oxygen atoms in total. The van der Waals surface area contributed by atoms with Crippen LogP contribution in [0.1, 0.15) is 30.3 Å². The quantitative estimate of drug-likeness (QED) is 0.227. The lowest BCUT2D eigenvalue weighted by molar-refractivity contribution is 0.0931. The molecule has 1 aromatic heterocycles. The van der Waals surface area contributed by atoms with Crippen LogP contribution in [0.25, 0.3) is 0 Å². The Bertz CT molecular complexity index is 702. The number of hydrogen-bond donors (Lipinski definition) is 2. The number of aryl methyl sites for hydroxylation is 3. The third-order valence-corrected chi connectivity index (χ3v) is 4.30. The molecule has 0 fully saturated rings. The number of nitrogens with one attached hydrogen (secondary N) is 2. The zero-order valence-electron chi connectivity index (χ0n) is 17.4. The molecule has 2 rings (SSSR count). The monoisotopic (exact) mass is 499 g/mol. The average Bonchev–Trinajstić information content (AvgIpc) is 2.99. The summed E-state index contributed by atoms with van der Waals surface area (Å²) in [4.78, 5) is 4.29. The van der Waals surface area contributed by atoms with Gasteiger partial charge in [-0.1, -0.05) is 37.3 Å². The molecule has 2 N–H and O–H groups in total. The number of ether oxygens (including phenoxy) is 1. The highest BCUT2D eigenvalue weighted by Crippen LogP contribution is 2.03. The van der Waals surface area contributed by atoms with Crippen LogP contribution in [-0.4, -0.2) is 42.5 Å². The number of aromatic nitrogens is 2. The number of hydrogen-bond acceptors (Lipinski definition) is 3. The van der Waals surface area contributed by atoms with E-state index >= 15 is 0 Å². The summed E-state index contributed by atoms with van der Waals surface area (Å²) in [6.45, 7) is 10.3. The van der Waals surface area contributed by atoms with Gasteiger partial charge in [0.1, 0.15) is 0 Å². The first-order valence-electron chi connectivity index (χ1n) is 9.65. The van der Waals surface area contributed by atoms with E-state index < -0.39 is 0 Å². The fourth-order valence-corrected chi connectivity index (χ4v) is 2.84. The Morgan fingerprint density at radius 2 is 1.96 bits per heavy atom. The molecule has 0 radical (unpaired) electrons. The third-order valence-electron chi connectivity index (χ3n) is 4.30. The molecule has 0 saturated carbocycles. The van der Waals surface area contributed by atoms with Crippen LogP contribution in [0.2, 0.25) is 0 Å². The lowest BCUT2D eigenvalue weighted by Crippen LogP contribution is -2.40. The van der Waals surface area contributed by atoms with Crippen molar-refractivity contribution >= 4 is 29.9 Å². The summed E-state index contributed by atoms with van der Waals surface area (Å²) in [6.07, 6.45) is 0.998. The molecule has 1 unspecified atom stereocenters. The Hall–Kier alpha value is -1.61. The Balaban J connectivity index is 0.00000392. The zero-order valence-corrected chi connectivity index (χ0v) is 19.8. The van der Waals surface area contributed by atoms with E-state index in [1.807, 2.05) is 25.1 Å². The first-order chi connectivity index (χ1) is 13.1. The summed E-state index contributed by atoms with van der Waals surface area (Å²) in [5.74, 6) is 1.24. The molecule has 28 heavy (non-hydrogen) atoms. The minimum absolute atomic E-state index is 0. The normalized spacial score (nSPS) is 12.4. The Labute approximate surface area is 186 Å². The van der Waals surface area contributed by atoms with Crippen LogP contribution < -0.4 is 10.6 Å². The average molecular weight is 499 g/mol. The van der Waals surface area contributed by atoms with E-state index in [1.165, 1.54) is 11.3 Å². The van der Waals surface area contributed by atoms with Gasteiger partial charge in [-0.05, 0) is 37.8 Å². The van der Waals surface area contributed by atoms with Gasteiger partial charge in [-0.3, -0.25) is 9.67 Å². The zero-order chi connectivity index (χ0) is 19.5. The van der Waals surface area contributed by atoms with E-state index in [-0.39, 0.29) is 24.0 Å². The highest BCUT2D eigenvalue weighted by Gasteiger charge is 2.05. The number of rotatable bonds is 10. The second kappa shape index (κ2) is 13.5. The van der Waals surface area contributed by atoms with Crippen molar-refractivity contribution in [2.45, 2.75) is 40.3 Å². The minimum atomic E-state index is 0. The Kier molecular flexibility index (Phi) is 11.8. The van der Waals surface area contributed by atoms with E-state index in [4.69, 9.17) is 4.74 Å². The van der Waals surface area contributed by atoms with Gasteiger partial charge in [-0.25, -0.2) is 0 Å².